The number of aryl methyl sites for hydroxylation is 1. The number of hydrogen-bond acceptors (Lipinski definition) is 7. The summed E-state index contributed by atoms with van der Waals surface area (Å²) in [5, 5.41) is 16.6. The van der Waals surface area contributed by atoms with Crippen molar-refractivity contribution in [3.63, 3.8) is 0 Å². The van der Waals surface area contributed by atoms with Crippen molar-refractivity contribution in [2.75, 3.05) is 5.32 Å². The first kappa shape index (κ1) is 22.5. The van der Waals surface area contributed by atoms with Gasteiger partial charge in [-0.3, -0.25) is 4.68 Å². The molecule has 0 aliphatic carbocycles. The van der Waals surface area contributed by atoms with Crippen molar-refractivity contribution >= 4 is 29.7 Å². The van der Waals surface area contributed by atoms with Gasteiger partial charge < -0.3 is 24.1 Å². The van der Waals surface area contributed by atoms with Gasteiger partial charge in [0.1, 0.15) is 18.4 Å². The first-order valence-corrected chi connectivity index (χ1v) is 10.3. The zero-order valence-corrected chi connectivity index (χ0v) is 17.8. The molecule has 1 unspecified atom stereocenters. The molecule has 1 aliphatic heterocycles. The van der Waals surface area contributed by atoms with Gasteiger partial charge in [0, 0.05) is 12.7 Å². The van der Waals surface area contributed by atoms with E-state index in [-0.39, 0.29) is 17.7 Å². The van der Waals surface area contributed by atoms with Gasteiger partial charge in [-0.15, -0.1) is 0 Å². The largest absolute Gasteiger partial charge is 0.530 e. The van der Waals surface area contributed by atoms with E-state index in [0.29, 0.717) is 22.8 Å². The van der Waals surface area contributed by atoms with E-state index in [1.807, 2.05) is 0 Å². The smallest absolute Gasteiger partial charge is 0.416 e. The molecule has 33 heavy (non-hydrogen) atoms. The normalized spacial score (nSPS) is 15.6. The Bertz CT molecular complexity index is 1180. The summed E-state index contributed by atoms with van der Waals surface area (Å²) in [5.41, 5.74) is 1.64. The fourth-order valence-corrected chi connectivity index (χ4v) is 3.76. The van der Waals surface area contributed by atoms with Gasteiger partial charge in [-0.25, -0.2) is 4.99 Å². The van der Waals surface area contributed by atoms with Crippen LogP contribution in [0.2, 0.25) is 0 Å². The van der Waals surface area contributed by atoms with Crippen molar-refractivity contribution in [3.05, 3.63) is 77.1 Å². The highest BCUT2D eigenvalue weighted by Gasteiger charge is 2.30. The molecule has 1 aliphatic rings. The Morgan fingerprint density at radius 3 is 2.55 bits per heavy atom. The summed E-state index contributed by atoms with van der Waals surface area (Å²) in [5.74, 6) is 0.614. The average Bonchev–Trinajstić information content (AvgIpc) is 3.39. The molecule has 1 amide bonds. The van der Waals surface area contributed by atoms with E-state index in [4.69, 9.17) is 8.92 Å². The minimum Gasteiger partial charge on any atom is -0.530 e. The fourth-order valence-electron chi connectivity index (χ4n) is 3.04. The number of amides is 1. The highest BCUT2D eigenvalue weighted by molar-refractivity contribution is 7.95. The second-order valence-corrected chi connectivity index (χ2v) is 7.75. The minimum atomic E-state index is -4.41. The van der Waals surface area contributed by atoms with Crippen LogP contribution in [0.25, 0.3) is 0 Å². The van der Waals surface area contributed by atoms with E-state index < -0.39 is 17.8 Å². The lowest BCUT2D eigenvalue weighted by molar-refractivity contribution is -0.242. The number of hydrogen-bond donors (Lipinski definition) is 1. The average molecular weight is 477 g/mol. The number of aromatic nitrogens is 2. The predicted molar refractivity (Wildman–Crippen MR) is 112 cm³/mol. The molecule has 1 atom stereocenters. The first-order chi connectivity index (χ1) is 15.7. The highest BCUT2D eigenvalue weighted by atomic mass is 32.2. The number of rotatable bonds is 6. The summed E-state index contributed by atoms with van der Waals surface area (Å²) in [6.45, 7) is 0.0402. The number of halogens is 3. The van der Waals surface area contributed by atoms with Crippen LogP contribution in [0, 0.1) is 0 Å². The number of aliphatic imine (C=N–C) groups is 1. The lowest BCUT2D eigenvalue weighted by Crippen LogP contribution is -2.28. The van der Waals surface area contributed by atoms with Crippen molar-refractivity contribution in [2.24, 2.45) is 12.0 Å². The van der Waals surface area contributed by atoms with Gasteiger partial charge in [-0.1, -0.05) is 12.1 Å². The molecule has 2 heterocycles. The Labute approximate surface area is 190 Å². The summed E-state index contributed by atoms with van der Waals surface area (Å²) in [7, 11) is 1.71. The van der Waals surface area contributed by atoms with Gasteiger partial charge in [-0.05, 0) is 42.0 Å². The molecule has 1 aromatic heterocycles. The second kappa shape index (κ2) is 9.06. The van der Waals surface area contributed by atoms with E-state index in [0.717, 1.165) is 29.7 Å². The molecule has 0 saturated carbocycles. The van der Waals surface area contributed by atoms with Gasteiger partial charge in [0.2, 0.25) is 5.90 Å². The van der Waals surface area contributed by atoms with E-state index in [1.54, 1.807) is 42.2 Å². The van der Waals surface area contributed by atoms with Crippen LogP contribution in [0.3, 0.4) is 0 Å². The molecule has 1 N–H and O–H groups in total. The SMILES string of the molecule is Cn1ncc(C2=NC(c3ccc(NC(=O)[O-])cc3)SO2)c1COc1ccc(C(F)(F)F)cc1. The molecule has 8 nitrogen and oxygen atoms in total. The van der Waals surface area contributed by atoms with Gasteiger partial charge >= 0.3 is 6.18 Å². The van der Waals surface area contributed by atoms with Gasteiger partial charge in [-0.2, -0.15) is 18.3 Å². The highest BCUT2D eigenvalue weighted by Crippen LogP contribution is 2.39. The fraction of sp³-hybridized carbons (Fsp3) is 0.190. The van der Waals surface area contributed by atoms with E-state index in [1.165, 1.54) is 12.1 Å². The van der Waals surface area contributed by atoms with Gasteiger partial charge in [0.15, 0.2) is 5.37 Å². The number of carbonyl (C=O) groups excluding carboxylic acids is 1. The number of anilines is 1. The van der Waals surface area contributed by atoms with Crippen LogP contribution in [0.1, 0.15) is 27.8 Å². The standard InChI is InChI=1S/C21H17F3N4O4S/c1-28-17(11-31-15-8-4-13(5-9-15)21(22,23)24)16(10-25-28)18-27-19(33-32-18)12-2-6-14(7-3-12)26-20(29)30/h2-10,19,26H,11H2,1H3,(H,29,30)/p-1. The maximum Gasteiger partial charge on any atom is 0.416 e. The second-order valence-electron chi connectivity index (χ2n) is 6.94. The molecule has 0 saturated heterocycles. The number of carboxylic acid groups (broad SMARTS) is 1. The summed E-state index contributed by atoms with van der Waals surface area (Å²) in [4.78, 5) is 15.2. The third-order valence-electron chi connectivity index (χ3n) is 4.74. The summed E-state index contributed by atoms with van der Waals surface area (Å²) < 4.78 is 51.1. The van der Waals surface area contributed by atoms with E-state index in [2.05, 4.69) is 15.4 Å². The number of nitrogens with zero attached hydrogens (tertiary/aromatic N) is 3. The van der Waals surface area contributed by atoms with Crippen LogP contribution in [-0.2, 0) is 24.0 Å². The van der Waals surface area contributed by atoms with Crippen molar-refractivity contribution in [2.45, 2.75) is 18.2 Å². The van der Waals surface area contributed by atoms with E-state index >= 15 is 0 Å². The molecule has 0 radical (unpaired) electrons. The quantitative estimate of drug-likeness (QED) is 0.541. The summed E-state index contributed by atoms with van der Waals surface area (Å²) in [6.07, 6.45) is -4.24. The van der Waals surface area contributed by atoms with Crippen LogP contribution in [-0.4, -0.2) is 21.8 Å². The maximum atomic E-state index is 12.7. The van der Waals surface area contributed by atoms with Crippen LogP contribution < -0.4 is 15.2 Å². The van der Waals surface area contributed by atoms with Crippen LogP contribution in [0.5, 0.6) is 5.75 Å². The topological polar surface area (TPSA) is 101 Å². The molecule has 0 spiro atoms. The predicted octanol–water partition coefficient (Wildman–Crippen LogP) is 3.90. The lowest BCUT2D eigenvalue weighted by Gasteiger charge is -2.10. The van der Waals surface area contributed by atoms with Crippen LogP contribution >= 0.6 is 12.0 Å². The monoisotopic (exact) mass is 477 g/mol. The molecule has 12 heteroatoms. The number of ether oxygens (including phenoxy) is 1. The Kier molecular flexibility index (Phi) is 6.18. The van der Waals surface area contributed by atoms with Gasteiger partial charge in [0.25, 0.3) is 0 Å². The van der Waals surface area contributed by atoms with E-state index in [9.17, 15) is 23.1 Å². The maximum absolute atomic E-state index is 12.7. The van der Waals surface area contributed by atoms with Crippen molar-refractivity contribution in [1.29, 1.82) is 0 Å². The van der Waals surface area contributed by atoms with Crippen LogP contribution in [0.15, 0.2) is 59.7 Å². The Balaban J connectivity index is 1.47. The zero-order valence-electron chi connectivity index (χ0n) is 17.0. The van der Waals surface area contributed by atoms with Crippen molar-refractivity contribution in [1.82, 2.24) is 9.78 Å². The summed E-state index contributed by atoms with van der Waals surface area (Å²) >= 11 is 1.12. The number of benzene rings is 2. The molecule has 3 aromatic rings. The number of alkyl halides is 3. The lowest BCUT2D eigenvalue weighted by atomic mass is 10.2. The zero-order chi connectivity index (χ0) is 23.6. The Morgan fingerprint density at radius 2 is 1.91 bits per heavy atom. The molecular weight excluding hydrogens is 461 g/mol. The Morgan fingerprint density at radius 1 is 1.21 bits per heavy atom. The number of carbonyl (C=O) groups is 1. The van der Waals surface area contributed by atoms with Gasteiger partial charge in [0.05, 0.1) is 35.1 Å². The minimum absolute atomic E-state index is 0.0402. The molecule has 4 rings (SSSR count). The van der Waals surface area contributed by atoms with Crippen molar-refractivity contribution < 1.29 is 32.0 Å². The summed E-state index contributed by atoms with van der Waals surface area (Å²) in [6, 6.07) is 11.0. The third kappa shape index (κ3) is 5.22. The Hall–Kier alpha value is -3.67. The first-order valence-electron chi connectivity index (χ1n) is 9.51. The third-order valence-corrected chi connectivity index (χ3v) is 5.56. The molecular formula is C21H16F3N4O4S-. The molecule has 2 aromatic carbocycles. The molecule has 0 bridgehead atoms. The molecule has 172 valence electrons. The van der Waals surface area contributed by atoms with Crippen molar-refractivity contribution in [3.8, 4) is 5.75 Å². The van der Waals surface area contributed by atoms with Crippen LogP contribution in [0.4, 0.5) is 23.7 Å². The number of nitrogens with one attached hydrogen (secondary N) is 1. The molecule has 0 fully saturated rings.